The summed E-state index contributed by atoms with van der Waals surface area (Å²) in [6.45, 7) is 0. The van der Waals surface area contributed by atoms with Crippen molar-refractivity contribution in [2.24, 2.45) is 0 Å². The lowest BCUT2D eigenvalue weighted by molar-refractivity contribution is 0.476. The smallest absolute Gasteiger partial charge is 0.266 e. The Hall–Kier alpha value is -0.440. The quantitative estimate of drug-likeness (QED) is 0.191. The molecule has 0 aliphatic carbocycles. The molecule has 10 heteroatoms. The second-order valence-corrected chi connectivity index (χ2v) is 13.4. The zero-order chi connectivity index (χ0) is 25.8. The molecule has 0 amide bonds. The van der Waals surface area contributed by atoms with E-state index in [0.29, 0.717) is 0 Å². The molecule has 0 aliphatic rings. The summed E-state index contributed by atoms with van der Waals surface area (Å²) in [5.74, 6) is 3.29. The minimum atomic E-state index is -1.61. The first-order chi connectivity index (χ1) is 16.5. The van der Waals surface area contributed by atoms with E-state index < -0.39 is 3.25 Å². The van der Waals surface area contributed by atoms with Gasteiger partial charge in [0.25, 0.3) is 3.25 Å². The highest BCUT2D eigenvalue weighted by Gasteiger charge is 2.11. The van der Waals surface area contributed by atoms with E-state index in [4.69, 9.17) is 55.9 Å². The molecule has 0 aliphatic heterocycles. The van der Waals surface area contributed by atoms with Crippen LogP contribution in [0.2, 0.25) is 0 Å². The number of benzene rings is 4. The minimum absolute atomic E-state index is 0.774. The van der Waals surface area contributed by atoms with Gasteiger partial charge in [0.15, 0.2) is 0 Å². The molecule has 0 bridgehead atoms. The number of alkyl halides is 4. The first-order valence-corrected chi connectivity index (χ1v) is 14.3. The monoisotopic (exact) mass is 804 g/mol. The lowest BCUT2D eigenvalue weighted by Gasteiger charge is -2.09. The molecular formula is C25H16Br4Cl4O2. The molecule has 4 aromatic rings. The standard InChI is InChI=1S/C12H6Br4O.C12H10O.CCl4/c13-7-1-3-11(9(15)5-7)17-12-4-2-8(14)6-10(12)16;1-3-7-11(8-4-1)13-12-9-5-2-6-10-12;2-1(3,4)5/h1-6H;1-10H;. The second kappa shape index (κ2) is 15.7. The van der Waals surface area contributed by atoms with Gasteiger partial charge in [-0.05, 0) is 92.5 Å². The molecule has 0 aromatic heterocycles. The number of hydrogen-bond acceptors (Lipinski definition) is 2. The number of para-hydroxylation sites is 2. The van der Waals surface area contributed by atoms with Crippen LogP contribution in [0.5, 0.6) is 23.0 Å². The molecule has 2 nitrogen and oxygen atoms in total. The van der Waals surface area contributed by atoms with Gasteiger partial charge < -0.3 is 9.47 Å². The fourth-order valence-electron chi connectivity index (χ4n) is 2.35. The lowest BCUT2D eigenvalue weighted by atomic mass is 10.3. The van der Waals surface area contributed by atoms with Gasteiger partial charge in [0, 0.05) is 8.95 Å². The molecule has 184 valence electrons. The lowest BCUT2D eigenvalue weighted by Crippen LogP contribution is -1.86. The third kappa shape index (κ3) is 13.6. The van der Waals surface area contributed by atoms with Crippen LogP contribution in [0, 0.1) is 0 Å². The van der Waals surface area contributed by atoms with Crippen molar-refractivity contribution < 1.29 is 9.47 Å². The fraction of sp³-hybridized carbons (Fsp3) is 0.0400. The molecule has 0 N–H and O–H groups in total. The normalized spacial score (nSPS) is 10.3. The maximum absolute atomic E-state index is 5.81. The number of hydrogen-bond donors (Lipinski definition) is 0. The van der Waals surface area contributed by atoms with Gasteiger partial charge in [0.1, 0.15) is 23.0 Å². The van der Waals surface area contributed by atoms with Crippen LogP contribution in [0.25, 0.3) is 0 Å². The van der Waals surface area contributed by atoms with E-state index in [1.165, 1.54) is 0 Å². The summed E-state index contributed by atoms with van der Waals surface area (Å²) in [6, 6.07) is 31.1. The highest BCUT2D eigenvalue weighted by atomic mass is 79.9. The molecule has 4 aromatic carbocycles. The van der Waals surface area contributed by atoms with E-state index in [-0.39, 0.29) is 0 Å². The van der Waals surface area contributed by atoms with Crippen LogP contribution >= 0.6 is 110 Å². The molecule has 0 saturated heterocycles. The van der Waals surface area contributed by atoms with Crippen molar-refractivity contribution in [3.63, 3.8) is 0 Å². The first kappa shape index (κ1) is 30.8. The van der Waals surface area contributed by atoms with Crippen molar-refractivity contribution in [2.45, 2.75) is 3.25 Å². The van der Waals surface area contributed by atoms with E-state index in [0.717, 1.165) is 40.9 Å². The van der Waals surface area contributed by atoms with Crippen LogP contribution in [0.3, 0.4) is 0 Å². The summed E-state index contributed by atoms with van der Waals surface area (Å²) in [5.41, 5.74) is 0. The van der Waals surface area contributed by atoms with Crippen molar-refractivity contribution in [1.29, 1.82) is 0 Å². The Bertz CT molecular complexity index is 1100. The molecule has 0 atom stereocenters. The molecule has 4 rings (SSSR count). The predicted molar refractivity (Wildman–Crippen MR) is 163 cm³/mol. The highest BCUT2D eigenvalue weighted by molar-refractivity contribution is 9.11. The van der Waals surface area contributed by atoms with Gasteiger partial charge in [-0.25, -0.2) is 0 Å². The highest BCUT2D eigenvalue weighted by Crippen LogP contribution is 2.36. The fourth-order valence-corrected chi connectivity index (χ4v) is 4.60. The third-order valence-electron chi connectivity index (χ3n) is 3.73. The average molecular weight is 810 g/mol. The van der Waals surface area contributed by atoms with E-state index in [1.807, 2.05) is 97.1 Å². The zero-order valence-electron chi connectivity index (χ0n) is 17.6. The van der Waals surface area contributed by atoms with Crippen LogP contribution in [0.4, 0.5) is 0 Å². The van der Waals surface area contributed by atoms with Crippen molar-refractivity contribution in [1.82, 2.24) is 0 Å². The van der Waals surface area contributed by atoms with Gasteiger partial charge in [-0.15, -0.1) is 0 Å². The largest absolute Gasteiger partial charge is 0.457 e. The number of rotatable bonds is 4. The second-order valence-electron chi connectivity index (χ2n) is 6.41. The van der Waals surface area contributed by atoms with Gasteiger partial charge >= 0.3 is 0 Å². The summed E-state index contributed by atoms with van der Waals surface area (Å²) in [4.78, 5) is 0. The van der Waals surface area contributed by atoms with E-state index in [9.17, 15) is 0 Å². The Balaban J connectivity index is 0.000000212. The van der Waals surface area contributed by atoms with Crippen LogP contribution in [-0.4, -0.2) is 3.25 Å². The van der Waals surface area contributed by atoms with Crippen molar-refractivity contribution in [3.05, 3.63) is 115 Å². The summed E-state index contributed by atoms with van der Waals surface area (Å²) in [6.07, 6.45) is 0. The van der Waals surface area contributed by atoms with Gasteiger partial charge in [0.2, 0.25) is 0 Å². The number of halogens is 8. The number of ether oxygens (including phenoxy) is 2. The summed E-state index contributed by atoms with van der Waals surface area (Å²) < 4.78 is 13.6. The van der Waals surface area contributed by atoms with Gasteiger partial charge in [0.05, 0.1) is 8.95 Å². The Kier molecular flexibility index (Phi) is 13.8. The molecule has 0 saturated carbocycles. The van der Waals surface area contributed by atoms with Gasteiger partial charge in [-0.1, -0.05) is 115 Å². The van der Waals surface area contributed by atoms with E-state index in [2.05, 4.69) is 63.7 Å². The summed E-state index contributed by atoms with van der Waals surface area (Å²) in [5, 5.41) is 0. The van der Waals surface area contributed by atoms with E-state index in [1.54, 1.807) is 0 Å². The average Bonchev–Trinajstić information content (AvgIpc) is 2.78. The molecule has 0 fully saturated rings. The van der Waals surface area contributed by atoms with Crippen LogP contribution in [0.1, 0.15) is 0 Å². The van der Waals surface area contributed by atoms with E-state index >= 15 is 0 Å². The predicted octanol–water partition coefficient (Wildman–Crippen LogP) is 12.6. The maximum atomic E-state index is 5.81. The van der Waals surface area contributed by atoms with Crippen LogP contribution in [-0.2, 0) is 0 Å². The Labute approximate surface area is 258 Å². The van der Waals surface area contributed by atoms with Crippen molar-refractivity contribution in [3.8, 4) is 23.0 Å². The Morgan fingerprint density at radius 1 is 0.486 bits per heavy atom. The maximum Gasteiger partial charge on any atom is 0.266 e. The molecule has 0 unspecified atom stereocenters. The van der Waals surface area contributed by atoms with Crippen LogP contribution < -0.4 is 9.47 Å². The minimum Gasteiger partial charge on any atom is -0.457 e. The molecule has 0 spiro atoms. The Morgan fingerprint density at radius 3 is 1.14 bits per heavy atom. The third-order valence-corrected chi connectivity index (χ3v) is 5.96. The zero-order valence-corrected chi connectivity index (χ0v) is 26.9. The Morgan fingerprint density at radius 2 is 0.829 bits per heavy atom. The van der Waals surface area contributed by atoms with Crippen molar-refractivity contribution in [2.75, 3.05) is 0 Å². The first-order valence-electron chi connectivity index (χ1n) is 9.63. The summed E-state index contributed by atoms with van der Waals surface area (Å²) in [7, 11) is 0. The topological polar surface area (TPSA) is 18.5 Å². The van der Waals surface area contributed by atoms with Gasteiger partial charge in [-0.2, -0.15) is 0 Å². The van der Waals surface area contributed by atoms with Crippen molar-refractivity contribution >= 4 is 110 Å². The molecule has 35 heavy (non-hydrogen) atoms. The summed E-state index contributed by atoms with van der Waals surface area (Å²) >= 11 is 33.0. The molecular weight excluding hydrogens is 794 g/mol. The van der Waals surface area contributed by atoms with Gasteiger partial charge in [-0.3, -0.25) is 0 Å². The molecule has 0 heterocycles. The molecule has 0 radical (unpaired) electrons. The van der Waals surface area contributed by atoms with Crippen LogP contribution in [0.15, 0.2) is 115 Å². The SMILES string of the molecule is Brc1ccc(Oc2ccc(Br)cc2Br)c(Br)c1.ClC(Cl)(Cl)Cl.c1ccc(Oc2ccccc2)cc1.